The van der Waals surface area contributed by atoms with Gasteiger partial charge in [-0.3, -0.25) is 0 Å². The summed E-state index contributed by atoms with van der Waals surface area (Å²) in [4.78, 5) is 0. The summed E-state index contributed by atoms with van der Waals surface area (Å²) in [6.45, 7) is 9.98. The zero-order chi connectivity index (χ0) is 14.8. The molecule has 0 saturated heterocycles. The van der Waals surface area contributed by atoms with Crippen LogP contribution in [0.3, 0.4) is 0 Å². The second-order valence-corrected chi connectivity index (χ2v) is 8.19. The van der Waals surface area contributed by atoms with Crippen molar-refractivity contribution in [3.05, 3.63) is 71.8 Å². The van der Waals surface area contributed by atoms with E-state index in [4.69, 9.17) is 0 Å². The van der Waals surface area contributed by atoms with Gasteiger partial charge in [0.25, 0.3) is 0 Å². The first-order chi connectivity index (χ1) is 9.45. The van der Waals surface area contributed by atoms with E-state index in [1.807, 2.05) is 69.3 Å². The van der Waals surface area contributed by atoms with E-state index in [2.05, 4.69) is 6.58 Å². The predicted octanol–water partition coefficient (Wildman–Crippen LogP) is 4.19. The number of aryl methyl sites for hydroxylation is 2. The van der Waals surface area contributed by atoms with E-state index >= 15 is 0 Å². The first-order valence-electron chi connectivity index (χ1n) is 6.81. The van der Waals surface area contributed by atoms with Crippen molar-refractivity contribution < 1.29 is 4.57 Å². The van der Waals surface area contributed by atoms with Crippen molar-refractivity contribution in [1.82, 2.24) is 0 Å². The maximum Gasteiger partial charge on any atom is 0.147 e. The molecule has 2 rings (SSSR count). The molecule has 0 saturated carbocycles. The van der Waals surface area contributed by atoms with E-state index in [0.717, 1.165) is 27.3 Å². The number of hydrogen-bond acceptors (Lipinski definition) is 1. The topological polar surface area (TPSA) is 17.1 Å². The van der Waals surface area contributed by atoms with Gasteiger partial charge in [-0.1, -0.05) is 60.7 Å². The van der Waals surface area contributed by atoms with Crippen LogP contribution in [0, 0.1) is 13.8 Å². The quantitative estimate of drug-likeness (QED) is 0.607. The second kappa shape index (κ2) is 5.81. The Morgan fingerprint density at radius 3 is 1.70 bits per heavy atom. The number of benzene rings is 2. The number of rotatable bonds is 4. The maximum absolute atomic E-state index is 13.8. The molecule has 20 heavy (non-hydrogen) atoms. The van der Waals surface area contributed by atoms with Gasteiger partial charge in [0.2, 0.25) is 0 Å². The van der Waals surface area contributed by atoms with Gasteiger partial charge in [-0.2, -0.15) is 0 Å². The molecular weight excluding hydrogens is 263 g/mol. The molecule has 2 heteroatoms. The Morgan fingerprint density at radius 2 is 1.35 bits per heavy atom. The van der Waals surface area contributed by atoms with Gasteiger partial charge in [0.15, 0.2) is 0 Å². The van der Waals surface area contributed by atoms with Crippen LogP contribution in [0.5, 0.6) is 0 Å². The van der Waals surface area contributed by atoms with Gasteiger partial charge < -0.3 is 4.57 Å². The molecule has 2 aromatic carbocycles. The van der Waals surface area contributed by atoms with Crippen LogP contribution in [-0.4, -0.2) is 6.16 Å². The number of allylic oxidation sites excluding steroid dienone is 1. The lowest BCUT2D eigenvalue weighted by molar-refractivity contribution is 0.588. The molecule has 104 valence electrons. The van der Waals surface area contributed by atoms with Gasteiger partial charge in [-0.15, -0.1) is 0 Å². The average Bonchev–Trinajstić information content (AvgIpc) is 2.38. The standard InChI is InChI=1S/C18H21OP/c1-14(2)13-20(19,17-11-7-5-9-15(17)3)18-12-8-6-10-16(18)4/h5-12H,1,13H2,2-4H3. The van der Waals surface area contributed by atoms with Crippen molar-refractivity contribution in [3.63, 3.8) is 0 Å². The van der Waals surface area contributed by atoms with E-state index in [1.54, 1.807) is 0 Å². The molecule has 0 amide bonds. The zero-order valence-electron chi connectivity index (χ0n) is 12.4. The molecule has 0 bridgehead atoms. The van der Waals surface area contributed by atoms with Crippen LogP contribution < -0.4 is 10.6 Å². The molecule has 0 radical (unpaired) electrons. The first kappa shape index (κ1) is 14.8. The van der Waals surface area contributed by atoms with Crippen LogP contribution >= 0.6 is 7.14 Å². The van der Waals surface area contributed by atoms with Gasteiger partial charge in [0.05, 0.1) is 0 Å². The maximum atomic E-state index is 13.8. The van der Waals surface area contributed by atoms with Gasteiger partial charge in [0, 0.05) is 16.8 Å². The van der Waals surface area contributed by atoms with E-state index in [-0.39, 0.29) is 0 Å². The van der Waals surface area contributed by atoms with E-state index < -0.39 is 7.14 Å². The fourth-order valence-electron chi connectivity index (χ4n) is 2.62. The molecule has 0 aliphatic carbocycles. The van der Waals surface area contributed by atoms with Crippen molar-refractivity contribution in [2.75, 3.05) is 6.16 Å². The Kier molecular flexibility index (Phi) is 4.30. The monoisotopic (exact) mass is 284 g/mol. The normalized spacial score (nSPS) is 11.3. The molecule has 2 aromatic rings. The summed E-state index contributed by atoms with van der Waals surface area (Å²) in [7, 11) is -2.65. The van der Waals surface area contributed by atoms with E-state index in [1.165, 1.54) is 0 Å². The van der Waals surface area contributed by atoms with Crippen LogP contribution in [0.4, 0.5) is 0 Å². The van der Waals surface area contributed by atoms with Crippen LogP contribution in [0.15, 0.2) is 60.7 Å². The highest BCUT2D eigenvalue weighted by Crippen LogP contribution is 2.46. The fourth-order valence-corrected chi connectivity index (χ4v) is 5.92. The minimum absolute atomic E-state index is 0.530. The molecule has 0 aromatic heterocycles. The second-order valence-electron chi connectivity index (χ2n) is 5.43. The van der Waals surface area contributed by atoms with Crippen molar-refractivity contribution in [2.24, 2.45) is 0 Å². The summed E-state index contributed by atoms with van der Waals surface area (Å²) in [5.41, 5.74) is 3.13. The Bertz CT molecular complexity index is 636. The predicted molar refractivity (Wildman–Crippen MR) is 88.9 cm³/mol. The lowest BCUT2D eigenvalue weighted by Crippen LogP contribution is -2.22. The summed E-state index contributed by atoms with van der Waals surface area (Å²) in [6.07, 6.45) is 0.530. The third-order valence-electron chi connectivity index (χ3n) is 3.50. The van der Waals surface area contributed by atoms with Crippen molar-refractivity contribution in [3.8, 4) is 0 Å². The van der Waals surface area contributed by atoms with Gasteiger partial charge in [0.1, 0.15) is 7.14 Å². The van der Waals surface area contributed by atoms with E-state index in [0.29, 0.717) is 6.16 Å². The largest absolute Gasteiger partial charge is 0.313 e. The van der Waals surface area contributed by atoms with Gasteiger partial charge in [-0.05, 0) is 31.9 Å². The highest BCUT2D eigenvalue weighted by atomic mass is 31.2. The summed E-state index contributed by atoms with van der Waals surface area (Å²) in [6, 6.07) is 15.9. The molecule has 0 unspecified atom stereocenters. The summed E-state index contributed by atoms with van der Waals surface area (Å²) in [5, 5.41) is 1.91. The first-order valence-corrected chi connectivity index (χ1v) is 8.70. The number of hydrogen-bond donors (Lipinski definition) is 0. The molecule has 0 spiro atoms. The SMILES string of the molecule is C=C(C)CP(=O)(c1ccccc1C)c1ccccc1C. The van der Waals surface area contributed by atoms with Crippen molar-refractivity contribution in [1.29, 1.82) is 0 Å². The third-order valence-corrected chi connectivity index (χ3v) is 7.05. The minimum Gasteiger partial charge on any atom is -0.313 e. The molecular formula is C18H21OP. The summed E-state index contributed by atoms with van der Waals surface area (Å²) >= 11 is 0. The highest BCUT2D eigenvalue weighted by molar-refractivity contribution is 7.79. The smallest absolute Gasteiger partial charge is 0.147 e. The van der Waals surface area contributed by atoms with Crippen LogP contribution in [0.25, 0.3) is 0 Å². The third kappa shape index (κ3) is 2.78. The fraction of sp³-hybridized carbons (Fsp3) is 0.222. The Hall–Kier alpha value is -1.59. The molecule has 0 aliphatic heterocycles. The van der Waals surface area contributed by atoms with Gasteiger partial charge >= 0.3 is 0 Å². The summed E-state index contributed by atoms with van der Waals surface area (Å²) < 4.78 is 13.8. The van der Waals surface area contributed by atoms with Crippen LogP contribution in [0.2, 0.25) is 0 Å². The Balaban J connectivity index is 2.70. The molecule has 0 heterocycles. The van der Waals surface area contributed by atoms with Gasteiger partial charge in [-0.25, -0.2) is 0 Å². The minimum atomic E-state index is -2.65. The van der Waals surface area contributed by atoms with Crippen molar-refractivity contribution in [2.45, 2.75) is 20.8 Å². The summed E-state index contributed by atoms with van der Waals surface area (Å²) in [5.74, 6) is 0. The highest BCUT2D eigenvalue weighted by Gasteiger charge is 2.29. The lowest BCUT2D eigenvalue weighted by atomic mass is 10.2. The molecule has 0 atom stereocenters. The Labute approximate surface area is 121 Å². The van der Waals surface area contributed by atoms with Crippen LogP contribution in [-0.2, 0) is 4.57 Å². The molecule has 0 aliphatic rings. The molecule has 0 fully saturated rings. The average molecular weight is 284 g/mol. The van der Waals surface area contributed by atoms with Crippen LogP contribution in [0.1, 0.15) is 18.1 Å². The lowest BCUT2D eigenvalue weighted by Gasteiger charge is -2.23. The van der Waals surface area contributed by atoms with E-state index in [9.17, 15) is 4.57 Å². The van der Waals surface area contributed by atoms with Crippen molar-refractivity contribution >= 4 is 17.8 Å². The molecule has 1 nitrogen and oxygen atoms in total. The zero-order valence-corrected chi connectivity index (χ0v) is 13.3. The Morgan fingerprint density at radius 1 is 0.950 bits per heavy atom. The molecule has 0 N–H and O–H groups in total.